The number of halogens is 1. The number of nitrogens with zero attached hydrogens (tertiary/aromatic N) is 1. The molecule has 0 amide bonds. The van der Waals surface area contributed by atoms with Crippen LogP contribution in [0.1, 0.15) is 23.0 Å². The number of aromatic nitrogens is 2. The van der Waals surface area contributed by atoms with Crippen molar-refractivity contribution in [1.82, 2.24) is 10.2 Å². The summed E-state index contributed by atoms with van der Waals surface area (Å²) in [5.74, 6) is -1.54. The maximum atomic E-state index is 12.9. The highest BCUT2D eigenvalue weighted by molar-refractivity contribution is 6.00. The fourth-order valence-electron chi connectivity index (χ4n) is 2.58. The SMILES string of the molecule is C[C@H](OC(=O)Cc1n[nH]c(=O)c2ccccc12)C(=O)c1ccc(F)cc1. The molecule has 6 nitrogen and oxygen atoms in total. The molecule has 0 bridgehead atoms. The van der Waals surface area contributed by atoms with Crippen molar-refractivity contribution in [3.63, 3.8) is 0 Å². The van der Waals surface area contributed by atoms with Crippen molar-refractivity contribution in [3.8, 4) is 0 Å². The van der Waals surface area contributed by atoms with E-state index in [1.807, 2.05) is 0 Å². The number of esters is 1. The molecular weight excluding hydrogens is 339 g/mol. The molecular formula is C19H15FN2O4. The van der Waals surface area contributed by atoms with Gasteiger partial charge in [-0.1, -0.05) is 18.2 Å². The summed E-state index contributed by atoms with van der Waals surface area (Å²) in [4.78, 5) is 36.2. The molecule has 1 N–H and O–H groups in total. The highest BCUT2D eigenvalue weighted by atomic mass is 19.1. The van der Waals surface area contributed by atoms with Gasteiger partial charge in [0.2, 0.25) is 5.78 Å². The monoisotopic (exact) mass is 354 g/mol. The van der Waals surface area contributed by atoms with Gasteiger partial charge in [0.05, 0.1) is 17.5 Å². The van der Waals surface area contributed by atoms with Crippen LogP contribution in [-0.2, 0) is 16.0 Å². The van der Waals surface area contributed by atoms with Gasteiger partial charge in [0, 0.05) is 10.9 Å². The van der Waals surface area contributed by atoms with E-state index in [0.717, 1.165) is 12.1 Å². The minimum Gasteiger partial charge on any atom is -0.454 e. The molecule has 2 aromatic carbocycles. The number of fused-ring (bicyclic) bond motifs is 1. The standard InChI is InChI=1S/C19H15FN2O4/c1-11(18(24)12-6-8-13(20)9-7-12)26-17(23)10-16-14-4-2-3-5-15(14)19(25)22-21-16/h2-9,11H,10H2,1H3,(H,22,25)/t11-/m0/s1. The molecule has 1 heterocycles. The van der Waals surface area contributed by atoms with E-state index in [4.69, 9.17) is 4.74 Å². The Kier molecular flexibility index (Phi) is 4.88. The molecule has 0 aliphatic heterocycles. The first-order chi connectivity index (χ1) is 12.5. The predicted molar refractivity (Wildman–Crippen MR) is 92.4 cm³/mol. The normalized spacial score (nSPS) is 11.9. The molecule has 1 atom stereocenters. The van der Waals surface area contributed by atoms with Crippen molar-refractivity contribution >= 4 is 22.5 Å². The third-order valence-electron chi connectivity index (χ3n) is 3.89. The molecule has 0 saturated carbocycles. The van der Waals surface area contributed by atoms with Crippen LogP contribution in [0.2, 0.25) is 0 Å². The predicted octanol–water partition coefficient (Wildman–Crippen LogP) is 2.42. The van der Waals surface area contributed by atoms with Crippen LogP contribution in [0.4, 0.5) is 4.39 Å². The third-order valence-corrected chi connectivity index (χ3v) is 3.89. The number of carbonyl (C=O) groups excluding carboxylic acids is 2. The van der Waals surface area contributed by atoms with Gasteiger partial charge in [-0.3, -0.25) is 14.4 Å². The van der Waals surface area contributed by atoms with E-state index >= 15 is 0 Å². The van der Waals surface area contributed by atoms with Crippen LogP contribution < -0.4 is 5.56 Å². The number of carbonyl (C=O) groups is 2. The fourth-order valence-corrected chi connectivity index (χ4v) is 2.58. The van der Waals surface area contributed by atoms with E-state index in [1.165, 1.54) is 19.1 Å². The Morgan fingerprint density at radius 1 is 1.12 bits per heavy atom. The zero-order chi connectivity index (χ0) is 18.7. The van der Waals surface area contributed by atoms with Crippen molar-refractivity contribution in [2.24, 2.45) is 0 Å². The Hall–Kier alpha value is -3.35. The van der Waals surface area contributed by atoms with E-state index in [1.54, 1.807) is 24.3 Å². The number of ether oxygens (including phenoxy) is 1. The number of hydrogen-bond acceptors (Lipinski definition) is 5. The van der Waals surface area contributed by atoms with Crippen LogP contribution in [0.25, 0.3) is 10.8 Å². The minimum absolute atomic E-state index is 0.196. The molecule has 3 rings (SSSR count). The van der Waals surface area contributed by atoms with Gasteiger partial charge in [0.1, 0.15) is 5.82 Å². The van der Waals surface area contributed by atoms with Crippen LogP contribution in [0.3, 0.4) is 0 Å². The lowest BCUT2D eigenvalue weighted by Gasteiger charge is -2.12. The van der Waals surface area contributed by atoms with E-state index in [2.05, 4.69) is 10.2 Å². The molecule has 132 valence electrons. The molecule has 0 aliphatic rings. The molecule has 0 radical (unpaired) electrons. The molecule has 0 spiro atoms. The molecule has 0 fully saturated rings. The minimum atomic E-state index is -1.03. The van der Waals surface area contributed by atoms with E-state index in [-0.39, 0.29) is 17.5 Å². The van der Waals surface area contributed by atoms with Gasteiger partial charge in [0.25, 0.3) is 5.56 Å². The van der Waals surface area contributed by atoms with Gasteiger partial charge in [-0.2, -0.15) is 5.10 Å². The number of aromatic amines is 1. The second kappa shape index (κ2) is 7.26. The van der Waals surface area contributed by atoms with Crippen LogP contribution in [-0.4, -0.2) is 28.1 Å². The number of benzene rings is 2. The average Bonchev–Trinajstić information content (AvgIpc) is 2.64. The largest absolute Gasteiger partial charge is 0.454 e. The van der Waals surface area contributed by atoms with E-state index in [9.17, 15) is 18.8 Å². The Morgan fingerprint density at radius 3 is 2.46 bits per heavy atom. The zero-order valence-electron chi connectivity index (χ0n) is 13.9. The Labute approximate surface area is 147 Å². The number of rotatable bonds is 5. The summed E-state index contributed by atoms with van der Waals surface area (Å²) in [6.45, 7) is 1.45. The Balaban J connectivity index is 1.73. The molecule has 7 heteroatoms. The summed E-state index contributed by atoms with van der Waals surface area (Å²) in [6, 6.07) is 11.8. The second-order valence-electron chi connectivity index (χ2n) is 5.73. The van der Waals surface area contributed by atoms with Crippen molar-refractivity contribution < 1.29 is 18.7 Å². The van der Waals surface area contributed by atoms with Crippen LogP contribution in [0.15, 0.2) is 53.3 Å². The third kappa shape index (κ3) is 3.66. The first kappa shape index (κ1) is 17.5. The highest BCUT2D eigenvalue weighted by Crippen LogP contribution is 2.14. The maximum Gasteiger partial charge on any atom is 0.312 e. The molecule has 0 aliphatic carbocycles. The van der Waals surface area contributed by atoms with Crippen LogP contribution >= 0.6 is 0 Å². The summed E-state index contributed by atoms with van der Waals surface area (Å²) < 4.78 is 18.1. The molecule has 0 saturated heterocycles. The number of nitrogens with one attached hydrogen (secondary N) is 1. The van der Waals surface area contributed by atoms with Crippen molar-refractivity contribution in [1.29, 1.82) is 0 Å². The van der Waals surface area contributed by atoms with Gasteiger partial charge in [-0.15, -0.1) is 0 Å². The van der Waals surface area contributed by atoms with Gasteiger partial charge >= 0.3 is 5.97 Å². The van der Waals surface area contributed by atoms with Gasteiger partial charge in [-0.05, 0) is 37.3 Å². The van der Waals surface area contributed by atoms with Crippen LogP contribution in [0, 0.1) is 5.82 Å². The molecule has 3 aromatic rings. The first-order valence-electron chi connectivity index (χ1n) is 7.91. The fraction of sp³-hybridized carbons (Fsp3) is 0.158. The highest BCUT2D eigenvalue weighted by Gasteiger charge is 2.21. The topological polar surface area (TPSA) is 89.1 Å². The van der Waals surface area contributed by atoms with Crippen molar-refractivity contribution in [3.05, 3.63) is 76.0 Å². The number of ketones is 1. The van der Waals surface area contributed by atoms with Crippen LogP contribution in [0.5, 0.6) is 0 Å². The first-order valence-corrected chi connectivity index (χ1v) is 7.91. The van der Waals surface area contributed by atoms with E-state index in [0.29, 0.717) is 16.5 Å². The number of hydrogen-bond donors (Lipinski definition) is 1. The summed E-state index contributed by atoms with van der Waals surface area (Å²) in [6.07, 6.45) is -1.22. The molecule has 1 aromatic heterocycles. The van der Waals surface area contributed by atoms with Crippen molar-refractivity contribution in [2.45, 2.75) is 19.4 Å². The smallest absolute Gasteiger partial charge is 0.312 e. The molecule has 26 heavy (non-hydrogen) atoms. The lowest BCUT2D eigenvalue weighted by Crippen LogP contribution is -2.26. The lowest BCUT2D eigenvalue weighted by atomic mass is 10.1. The lowest BCUT2D eigenvalue weighted by molar-refractivity contribution is -0.145. The second-order valence-corrected chi connectivity index (χ2v) is 5.73. The summed E-state index contributed by atoms with van der Waals surface area (Å²) >= 11 is 0. The summed E-state index contributed by atoms with van der Waals surface area (Å²) in [7, 11) is 0. The number of Topliss-reactive ketones (excluding diaryl/α,β-unsaturated/α-hetero) is 1. The van der Waals surface area contributed by atoms with E-state index < -0.39 is 23.7 Å². The zero-order valence-corrected chi connectivity index (χ0v) is 13.9. The van der Waals surface area contributed by atoms with Gasteiger partial charge < -0.3 is 4.74 Å². The molecule has 0 unspecified atom stereocenters. The number of H-pyrrole nitrogens is 1. The Bertz CT molecular complexity index is 1030. The average molecular weight is 354 g/mol. The van der Waals surface area contributed by atoms with Crippen molar-refractivity contribution in [2.75, 3.05) is 0 Å². The van der Waals surface area contributed by atoms with Gasteiger partial charge in [0.15, 0.2) is 6.10 Å². The Morgan fingerprint density at radius 2 is 1.77 bits per heavy atom. The van der Waals surface area contributed by atoms with Gasteiger partial charge in [-0.25, -0.2) is 9.49 Å². The summed E-state index contributed by atoms with van der Waals surface area (Å²) in [5, 5.41) is 7.21. The quantitative estimate of drug-likeness (QED) is 0.561. The maximum absolute atomic E-state index is 12.9. The summed E-state index contributed by atoms with van der Waals surface area (Å²) in [5.41, 5.74) is 0.253.